The lowest BCUT2D eigenvalue weighted by Gasteiger charge is -2.34. The number of thioether (sulfide) groups is 1. The van der Waals surface area contributed by atoms with Crippen LogP contribution in [0.3, 0.4) is 0 Å². The van der Waals surface area contributed by atoms with Gasteiger partial charge in [0, 0.05) is 31.5 Å². The van der Waals surface area contributed by atoms with Crippen LogP contribution in [0.25, 0.3) is 0 Å². The summed E-state index contributed by atoms with van der Waals surface area (Å²) >= 11 is 1.70. The number of benzene rings is 1. The summed E-state index contributed by atoms with van der Waals surface area (Å²) in [6.45, 7) is 3.64. The van der Waals surface area contributed by atoms with Crippen molar-refractivity contribution in [3.05, 3.63) is 35.9 Å². The van der Waals surface area contributed by atoms with Gasteiger partial charge in [-0.25, -0.2) is 0 Å². The van der Waals surface area contributed by atoms with Crippen molar-refractivity contribution >= 4 is 29.5 Å². The molecule has 3 amide bonds. The molecular weight excluding hydrogens is 438 g/mol. The lowest BCUT2D eigenvalue weighted by molar-refractivity contribution is -0.140. The van der Waals surface area contributed by atoms with Gasteiger partial charge in [0.25, 0.3) is 0 Å². The van der Waals surface area contributed by atoms with E-state index in [1.54, 1.807) is 16.7 Å². The Morgan fingerprint density at radius 2 is 1.94 bits per heavy atom. The van der Waals surface area contributed by atoms with E-state index in [1.807, 2.05) is 37.3 Å². The van der Waals surface area contributed by atoms with Gasteiger partial charge in [-0.1, -0.05) is 37.3 Å². The number of nitrogens with zero attached hydrogens (tertiary/aromatic N) is 1. The van der Waals surface area contributed by atoms with E-state index in [0.29, 0.717) is 26.1 Å². The number of nitrogens with one attached hydrogen (secondary N) is 2. The van der Waals surface area contributed by atoms with Crippen molar-refractivity contribution in [1.29, 1.82) is 0 Å². The molecule has 3 fully saturated rings. The number of likely N-dealkylation sites (tertiary alicyclic amines) is 1. The molecule has 0 radical (unpaired) electrons. The molecule has 0 aliphatic carbocycles. The van der Waals surface area contributed by atoms with Crippen LogP contribution in [0.15, 0.2) is 30.3 Å². The van der Waals surface area contributed by atoms with Crippen LogP contribution in [0.5, 0.6) is 0 Å². The van der Waals surface area contributed by atoms with Crippen LogP contribution in [-0.2, 0) is 20.9 Å². The molecule has 7 nitrogen and oxygen atoms in total. The molecule has 3 heterocycles. The molecule has 33 heavy (non-hydrogen) atoms. The SMILES string of the molecule is CCCNC(=O)[C@@H]1[C@H]2C(=O)N(CCCCCO)C(C(=O)NCc3ccccc3)C23CC[C@H]1S3. The first-order valence-electron chi connectivity index (χ1n) is 12.2. The Kier molecular flexibility index (Phi) is 7.64. The number of hydrogen-bond donors (Lipinski definition) is 3. The molecule has 2 bridgehead atoms. The highest BCUT2D eigenvalue weighted by atomic mass is 32.2. The molecule has 1 spiro atoms. The standard InChI is InChI=1S/C25H35N3O4S/c1-2-13-26-22(30)19-18-11-12-25(33-18)20(19)24(32)28(14-7-4-8-15-29)21(25)23(31)27-16-17-9-5-3-6-10-17/h3,5-6,9-10,18-21,29H,2,4,7-8,11-16H2,1H3,(H,26,30)(H,27,31)/t18-,19+,20+,21?,25?/m1/s1. The minimum atomic E-state index is -0.563. The van der Waals surface area contributed by atoms with Crippen molar-refractivity contribution in [2.75, 3.05) is 19.7 Å². The smallest absolute Gasteiger partial charge is 0.244 e. The fourth-order valence-corrected chi connectivity index (χ4v) is 8.03. The number of unbranched alkanes of at least 4 members (excludes halogenated alkanes) is 2. The molecule has 3 aliphatic rings. The van der Waals surface area contributed by atoms with Crippen molar-refractivity contribution in [2.24, 2.45) is 11.8 Å². The first-order valence-corrected chi connectivity index (χ1v) is 13.1. The fourth-order valence-electron chi connectivity index (χ4n) is 5.81. The molecule has 3 saturated heterocycles. The number of amides is 3. The Balaban J connectivity index is 1.57. The number of carbonyl (C=O) groups excluding carboxylic acids is 3. The van der Waals surface area contributed by atoms with Crippen LogP contribution in [0, 0.1) is 11.8 Å². The predicted octanol–water partition coefficient (Wildman–Crippen LogP) is 2.08. The molecule has 8 heteroatoms. The van der Waals surface area contributed by atoms with Crippen molar-refractivity contribution < 1.29 is 19.5 Å². The van der Waals surface area contributed by atoms with E-state index in [4.69, 9.17) is 5.11 Å². The van der Waals surface area contributed by atoms with Crippen molar-refractivity contribution in [3.63, 3.8) is 0 Å². The van der Waals surface area contributed by atoms with Crippen LogP contribution in [-0.4, -0.2) is 63.5 Å². The molecule has 1 aromatic rings. The number of aliphatic hydroxyl groups excluding tert-OH is 1. The largest absolute Gasteiger partial charge is 0.396 e. The van der Waals surface area contributed by atoms with Gasteiger partial charge in [-0.3, -0.25) is 14.4 Å². The summed E-state index contributed by atoms with van der Waals surface area (Å²) in [5.41, 5.74) is 1.01. The highest BCUT2D eigenvalue weighted by Crippen LogP contribution is 2.66. The average Bonchev–Trinajstić information content (AvgIpc) is 3.47. The molecule has 3 N–H and O–H groups in total. The Morgan fingerprint density at radius 3 is 2.67 bits per heavy atom. The summed E-state index contributed by atoms with van der Waals surface area (Å²) < 4.78 is -0.534. The van der Waals surface area contributed by atoms with Crippen LogP contribution < -0.4 is 10.6 Å². The molecule has 2 unspecified atom stereocenters. The summed E-state index contributed by atoms with van der Waals surface area (Å²) in [5, 5.41) is 15.3. The Labute approximate surface area is 200 Å². The van der Waals surface area contributed by atoms with Gasteiger partial charge >= 0.3 is 0 Å². The first-order chi connectivity index (χ1) is 16.0. The van der Waals surface area contributed by atoms with E-state index in [1.165, 1.54) is 0 Å². The van der Waals surface area contributed by atoms with E-state index in [-0.39, 0.29) is 35.5 Å². The van der Waals surface area contributed by atoms with Crippen molar-refractivity contribution in [3.8, 4) is 0 Å². The summed E-state index contributed by atoms with van der Waals surface area (Å²) in [4.78, 5) is 42.1. The normalized spacial score (nSPS) is 29.9. The first kappa shape index (κ1) is 24.1. The molecule has 5 atom stereocenters. The highest BCUT2D eigenvalue weighted by Gasteiger charge is 2.73. The van der Waals surface area contributed by atoms with E-state index in [9.17, 15) is 14.4 Å². The third-order valence-corrected chi connectivity index (χ3v) is 9.22. The van der Waals surface area contributed by atoms with Crippen LogP contribution in [0.2, 0.25) is 0 Å². The number of hydrogen-bond acceptors (Lipinski definition) is 5. The number of aliphatic hydroxyl groups is 1. The van der Waals surface area contributed by atoms with Crippen molar-refractivity contribution in [1.82, 2.24) is 15.5 Å². The van der Waals surface area contributed by atoms with Crippen LogP contribution >= 0.6 is 11.8 Å². The third-order valence-electron chi connectivity index (χ3n) is 7.27. The molecule has 180 valence electrons. The van der Waals surface area contributed by atoms with Gasteiger partial charge in [-0.2, -0.15) is 0 Å². The Bertz CT molecular complexity index is 866. The highest BCUT2D eigenvalue weighted by molar-refractivity contribution is 8.02. The molecule has 3 aliphatic heterocycles. The molecule has 0 saturated carbocycles. The second-order valence-electron chi connectivity index (χ2n) is 9.37. The number of rotatable bonds is 11. The Morgan fingerprint density at radius 1 is 1.15 bits per heavy atom. The zero-order valence-corrected chi connectivity index (χ0v) is 20.1. The maximum Gasteiger partial charge on any atom is 0.244 e. The number of carbonyl (C=O) groups is 3. The average molecular weight is 474 g/mol. The maximum atomic E-state index is 13.7. The van der Waals surface area contributed by atoms with Gasteiger partial charge < -0.3 is 20.6 Å². The second-order valence-corrected chi connectivity index (χ2v) is 11.0. The van der Waals surface area contributed by atoms with Gasteiger partial charge in [-0.05, 0) is 44.1 Å². The summed E-state index contributed by atoms with van der Waals surface area (Å²) in [6.07, 6.45) is 4.71. The van der Waals surface area contributed by atoms with Gasteiger partial charge in [0.05, 0.1) is 16.6 Å². The lowest BCUT2D eigenvalue weighted by Crippen LogP contribution is -2.53. The molecule has 1 aromatic carbocycles. The third kappa shape index (κ3) is 4.52. The quantitative estimate of drug-likeness (QED) is 0.428. The second kappa shape index (κ2) is 10.5. The Hall–Kier alpha value is -2.06. The minimum Gasteiger partial charge on any atom is -0.396 e. The number of fused-ring (bicyclic) bond motifs is 1. The van der Waals surface area contributed by atoms with E-state index in [0.717, 1.165) is 37.7 Å². The molecule has 0 aromatic heterocycles. The van der Waals surface area contributed by atoms with Crippen LogP contribution in [0.1, 0.15) is 51.0 Å². The zero-order valence-electron chi connectivity index (χ0n) is 19.3. The molecule has 4 rings (SSSR count). The minimum absolute atomic E-state index is 0.0418. The zero-order chi connectivity index (χ0) is 23.4. The monoisotopic (exact) mass is 473 g/mol. The van der Waals surface area contributed by atoms with Gasteiger partial charge in [0.2, 0.25) is 17.7 Å². The van der Waals surface area contributed by atoms with E-state index >= 15 is 0 Å². The predicted molar refractivity (Wildman–Crippen MR) is 128 cm³/mol. The van der Waals surface area contributed by atoms with E-state index in [2.05, 4.69) is 10.6 Å². The fraction of sp³-hybridized carbons (Fsp3) is 0.640. The summed E-state index contributed by atoms with van der Waals surface area (Å²) in [7, 11) is 0. The van der Waals surface area contributed by atoms with Gasteiger partial charge in [-0.15, -0.1) is 11.8 Å². The van der Waals surface area contributed by atoms with Crippen molar-refractivity contribution in [2.45, 2.75) is 68.0 Å². The molecular formula is C25H35N3O4S. The summed E-state index contributed by atoms with van der Waals surface area (Å²) in [5.74, 6) is -1.03. The van der Waals surface area contributed by atoms with Gasteiger partial charge in [0.15, 0.2) is 0 Å². The lowest BCUT2D eigenvalue weighted by atomic mass is 9.70. The topological polar surface area (TPSA) is 98.7 Å². The summed E-state index contributed by atoms with van der Waals surface area (Å²) in [6, 6.07) is 9.20. The van der Waals surface area contributed by atoms with E-state index < -0.39 is 16.7 Å². The van der Waals surface area contributed by atoms with Crippen LogP contribution in [0.4, 0.5) is 0 Å². The maximum absolute atomic E-state index is 13.7. The van der Waals surface area contributed by atoms with Gasteiger partial charge in [0.1, 0.15) is 6.04 Å².